The van der Waals surface area contributed by atoms with Crippen molar-refractivity contribution in [2.75, 3.05) is 5.32 Å². The van der Waals surface area contributed by atoms with Crippen LogP contribution in [0.15, 0.2) is 134 Å². The third-order valence-electron chi connectivity index (χ3n) is 6.76. The maximum atomic E-state index is 3.72. The van der Waals surface area contributed by atoms with Gasteiger partial charge in [0.25, 0.3) is 0 Å². The van der Waals surface area contributed by atoms with Crippen molar-refractivity contribution < 1.29 is 0 Å². The quantitative estimate of drug-likeness (QED) is 0.351. The van der Waals surface area contributed by atoms with Gasteiger partial charge in [0, 0.05) is 11.4 Å². The summed E-state index contributed by atoms with van der Waals surface area (Å²) in [5, 5.41) is 3.53. The summed E-state index contributed by atoms with van der Waals surface area (Å²) in [6.45, 7) is 3.72. The van der Waals surface area contributed by atoms with Gasteiger partial charge in [0.1, 0.15) is 0 Å². The molecule has 5 rings (SSSR count). The molecule has 172 valence electrons. The van der Waals surface area contributed by atoms with E-state index in [0.717, 1.165) is 24.2 Å². The monoisotopic (exact) mass is 453 g/mol. The molecule has 2 aliphatic rings. The van der Waals surface area contributed by atoms with Crippen LogP contribution in [-0.4, -0.2) is 0 Å². The summed E-state index contributed by atoms with van der Waals surface area (Å²) in [6, 6.07) is 25.9. The summed E-state index contributed by atoms with van der Waals surface area (Å²) in [6.07, 6.45) is 24.1. The molecular formula is C34H31N. The van der Waals surface area contributed by atoms with E-state index in [1.807, 2.05) is 6.08 Å². The fourth-order valence-electron chi connectivity index (χ4n) is 4.71. The average Bonchev–Trinajstić information content (AvgIpc) is 2.94. The van der Waals surface area contributed by atoms with Crippen molar-refractivity contribution in [2.45, 2.75) is 12.8 Å². The van der Waals surface area contributed by atoms with Gasteiger partial charge in [-0.3, -0.25) is 0 Å². The van der Waals surface area contributed by atoms with Gasteiger partial charge < -0.3 is 5.32 Å². The first-order valence-electron chi connectivity index (χ1n) is 12.4. The Hall–Kier alpha value is -4.10. The molecule has 0 heterocycles. The first kappa shape index (κ1) is 22.7. The zero-order valence-electron chi connectivity index (χ0n) is 20.0. The van der Waals surface area contributed by atoms with Crippen LogP contribution in [0.3, 0.4) is 0 Å². The van der Waals surface area contributed by atoms with E-state index >= 15 is 0 Å². The lowest BCUT2D eigenvalue weighted by Gasteiger charge is -2.24. The van der Waals surface area contributed by atoms with E-state index < -0.39 is 0 Å². The lowest BCUT2D eigenvalue weighted by atomic mass is 9.81. The average molecular weight is 454 g/mol. The molecule has 0 saturated carbocycles. The number of nitrogens with one attached hydrogen (secondary N) is 1. The summed E-state index contributed by atoms with van der Waals surface area (Å²) in [4.78, 5) is 0. The SMILES string of the molecule is C=C/C=C\c1ccc(-c2ccc(Nc3ccc(C4=CCC(C5C=CC=CC5)C=C4)cc3)cc2)cc1. The standard InChI is InChI=1S/C34H31N/c1-2-3-7-26-10-12-28(13-11-26)31-18-22-33(23-19-31)35-34-24-20-32(21-25-34)30-16-14-29(15-17-30)27-8-5-4-6-9-27/h2-8,10-14,16-25,27,29,35H,1,9,15H2/b7-3-. The molecule has 0 spiro atoms. The van der Waals surface area contributed by atoms with Gasteiger partial charge in [0.15, 0.2) is 0 Å². The van der Waals surface area contributed by atoms with Crippen LogP contribution >= 0.6 is 0 Å². The van der Waals surface area contributed by atoms with Crippen molar-refractivity contribution >= 4 is 23.0 Å². The summed E-state index contributed by atoms with van der Waals surface area (Å²) in [7, 11) is 0. The van der Waals surface area contributed by atoms with Gasteiger partial charge in [-0.1, -0.05) is 116 Å². The van der Waals surface area contributed by atoms with Crippen LogP contribution < -0.4 is 5.32 Å². The topological polar surface area (TPSA) is 12.0 Å². The minimum Gasteiger partial charge on any atom is -0.356 e. The third-order valence-corrected chi connectivity index (χ3v) is 6.76. The van der Waals surface area contributed by atoms with E-state index in [9.17, 15) is 0 Å². The zero-order chi connectivity index (χ0) is 23.9. The summed E-state index contributed by atoms with van der Waals surface area (Å²) < 4.78 is 0. The predicted molar refractivity (Wildman–Crippen MR) is 152 cm³/mol. The number of allylic oxidation sites excluding steroid dienone is 10. The highest BCUT2D eigenvalue weighted by Crippen LogP contribution is 2.32. The Kier molecular flexibility index (Phi) is 7.05. The summed E-state index contributed by atoms with van der Waals surface area (Å²) >= 11 is 0. The molecule has 0 radical (unpaired) electrons. The van der Waals surface area contributed by atoms with Gasteiger partial charge >= 0.3 is 0 Å². The fourth-order valence-corrected chi connectivity index (χ4v) is 4.71. The maximum Gasteiger partial charge on any atom is 0.0384 e. The van der Waals surface area contributed by atoms with Gasteiger partial charge in [-0.15, -0.1) is 0 Å². The van der Waals surface area contributed by atoms with Crippen LogP contribution in [0.4, 0.5) is 11.4 Å². The Morgan fingerprint density at radius 2 is 1.31 bits per heavy atom. The summed E-state index contributed by atoms with van der Waals surface area (Å²) in [5.74, 6) is 1.24. The van der Waals surface area contributed by atoms with E-state index in [4.69, 9.17) is 0 Å². The van der Waals surface area contributed by atoms with Crippen molar-refractivity contribution in [3.63, 3.8) is 0 Å². The molecule has 0 amide bonds. The van der Waals surface area contributed by atoms with Crippen molar-refractivity contribution in [3.8, 4) is 11.1 Å². The van der Waals surface area contributed by atoms with E-state index in [2.05, 4.69) is 133 Å². The van der Waals surface area contributed by atoms with Crippen LogP contribution in [-0.2, 0) is 0 Å². The first-order chi connectivity index (χ1) is 17.3. The third kappa shape index (κ3) is 5.70. The molecule has 0 bridgehead atoms. The number of anilines is 2. The molecule has 0 saturated heterocycles. The number of hydrogen-bond donors (Lipinski definition) is 1. The molecule has 0 fully saturated rings. The first-order valence-corrected chi connectivity index (χ1v) is 12.4. The minimum absolute atomic E-state index is 0.607. The van der Waals surface area contributed by atoms with Crippen LogP contribution in [0, 0.1) is 11.8 Å². The Morgan fingerprint density at radius 3 is 1.89 bits per heavy atom. The molecule has 2 unspecified atom stereocenters. The van der Waals surface area contributed by atoms with Crippen LogP contribution in [0.2, 0.25) is 0 Å². The van der Waals surface area contributed by atoms with Crippen LogP contribution in [0.25, 0.3) is 22.8 Å². The molecule has 3 aromatic rings. The van der Waals surface area contributed by atoms with Crippen molar-refractivity contribution in [1.29, 1.82) is 0 Å². The molecule has 1 N–H and O–H groups in total. The Morgan fingerprint density at radius 1 is 0.686 bits per heavy atom. The van der Waals surface area contributed by atoms with Gasteiger partial charge in [-0.2, -0.15) is 0 Å². The molecule has 35 heavy (non-hydrogen) atoms. The fraction of sp³-hybridized carbons (Fsp3) is 0.118. The van der Waals surface area contributed by atoms with Gasteiger partial charge in [-0.25, -0.2) is 0 Å². The highest BCUT2D eigenvalue weighted by atomic mass is 14.9. The molecule has 1 nitrogen and oxygen atoms in total. The molecule has 1 heteroatoms. The normalized spacial score (nSPS) is 19.0. The van der Waals surface area contributed by atoms with Crippen LogP contribution in [0.5, 0.6) is 0 Å². The van der Waals surface area contributed by atoms with E-state index in [-0.39, 0.29) is 0 Å². The smallest absolute Gasteiger partial charge is 0.0384 e. The Bertz CT molecular complexity index is 1300. The molecule has 0 aliphatic heterocycles. The zero-order valence-corrected chi connectivity index (χ0v) is 20.0. The van der Waals surface area contributed by atoms with E-state index in [1.165, 1.54) is 27.8 Å². The van der Waals surface area contributed by atoms with Crippen molar-refractivity contribution in [3.05, 3.63) is 145 Å². The molecule has 3 aromatic carbocycles. The maximum absolute atomic E-state index is 3.72. The predicted octanol–water partition coefficient (Wildman–Crippen LogP) is 9.39. The number of hydrogen-bond acceptors (Lipinski definition) is 1. The molecule has 2 aliphatic carbocycles. The lowest BCUT2D eigenvalue weighted by Crippen LogP contribution is -2.12. The molecule has 0 aromatic heterocycles. The second kappa shape index (κ2) is 10.9. The van der Waals surface area contributed by atoms with Crippen molar-refractivity contribution in [1.82, 2.24) is 0 Å². The van der Waals surface area contributed by atoms with E-state index in [1.54, 1.807) is 6.08 Å². The highest BCUT2D eigenvalue weighted by Gasteiger charge is 2.18. The second-order valence-electron chi connectivity index (χ2n) is 9.13. The Balaban J connectivity index is 1.19. The van der Waals surface area contributed by atoms with Gasteiger partial charge in [-0.05, 0) is 76.8 Å². The second-order valence-corrected chi connectivity index (χ2v) is 9.13. The largest absolute Gasteiger partial charge is 0.356 e. The number of rotatable bonds is 7. The molecular weight excluding hydrogens is 422 g/mol. The van der Waals surface area contributed by atoms with E-state index in [0.29, 0.717) is 11.8 Å². The van der Waals surface area contributed by atoms with Crippen molar-refractivity contribution in [2.24, 2.45) is 11.8 Å². The van der Waals surface area contributed by atoms with Gasteiger partial charge in [0.2, 0.25) is 0 Å². The highest BCUT2D eigenvalue weighted by molar-refractivity contribution is 5.76. The summed E-state index contributed by atoms with van der Waals surface area (Å²) in [5.41, 5.74) is 8.36. The molecule has 2 atom stereocenters. The lowest BCUT2D eigenvalue weighted by molar-refractivity contribution is 0.478. The van der Waals surface area contributed by atoms with Gasteiger partial charge in [0.05, 0.1) is 0 Å². The minimum atomic E-state index is 0.607. The number of benzene rings is 3. The Labute approximate surface area is 209 Å². The van der Waals surface area contributed by atoms with Crippen LogP contribution in [0.1, 0.15) is 24.0 Å².